The summed E-state index contributed by atoms with van der Waals surface area (Å²) in [5.41, 5.74) is 0.720. The van der Waals surface area contributed by atoms with Gasteiger partial charge in [-0.25, -0.2) is 0 Å². The Morgan fingerprint density at radius 2 is 2.07 bits per heavy atom. The van der Waals surface area contributed by atoms with Crippen molar-refractivity contribution in [3.05, 3.63) is 35.9 Å². The molecule has 0 aliphatic carbocycles. The maximum absolute atomic E-state index is 12.3. The van der Waals surface area contributed by atoms with Crippen LogP contribution < -0.4 is 15.0 Å². The predicted octanol–water partition coefficient (Wildman–Crippen LogP) is 1.48. The number of hydrogen-bond donors (Lipinski definition) is 1. The monoisotopic (exact) mass is 383 g/mol. The first-order chi connectivity index (χ1) is 13.7. The number of hydrogen-bond acceptors (Lipinski definition) is 5. The fraction of sp³-hybridized carbons (Fsp3) is 0.500. The van der Waals surface area contributed by atoms with Gasteiger partial charge in [-0.2, -0.15) is 0 Å². The van der Waals surface area contributed by atoms with Crippen molar-refractivity contribution in [2.75, 3.05) is 24.6 Å². The van der Waals surface area contributed by atoms with Gasteiger partial charge in [-0.15, -0.1) is 10.2 Å². The first-order valence-corrected chi connectivity index (χ1v) is 9.92. The molecule has 28 heavy (non-hydrogen) atoms. The highest BCUT2D eigenvalue weighted by molar-refractivity contribution is 5.98. The number of aromatic nitrogens is 3. The van der Waals surface area contributed by atoms with E-state index < -0.39 is 0 Å². The Balaban J connectivity index is 1.27. The Hall–Kier alpha value is -2.90. The van der Waals surface area contributed by atoms with Crippen molar-refractivity contribution < 1.29 is 14.3 Å². The van der Waals surface area contributed by atoms with Gasteiger partial charge >= 0.3 is 0 Å². The number of anilines is 1. The van der Waals surface area contributed by atoms with Gasteiger partial charge in [-0.1, -0.05) is 18.6 Å². The number of fused-ring (bicyclic) bond motifs is 2. The number of benzene rings is 1. The molecule has 0 bridgehead atoms. The molecule has 2 aliphatic heterocycles. The van der Waals surface area contributed by atoms with E-state index in [1.165, 1.54) is 6.42 Å². The molecule has 8 heteroatoms. The quantitative estimate of drug-likeness (QED) is 0.816. The van der Waals surface area contributed by atoms with Crippen LogP contribution in [0.15, 0.2) is 24.3 Å². The van der Waals surface area contributed by atoms with Crippen molar-refractivity contribution in [1.82, 2.24) is 20.1 Å². The van der Waals surface area contributed by atoms with Crippen LogP contribution in [0, 0.1) is 0 Å². The Kier molecular flexibility index (Phi) is 5.55. The third-order valence-corrected chi connectivity index (χ3v) is 5.23. The molecule has 2 aliphatic rings. The van der Waals surface area contributed by atoms with Crippen LogP contribution in [0.4, 0.5) is 5.69 Å². The number of aryl methyl sites for hydroxylation is 1. The van der Waals surface area contributed by atoms with Gasteiger partial charge in [0.1, 0.15) is 17.4 Å². The number of amides is 2. The zero-order chi connectivity index (χ0) is 19.3. The van der Waals surface area contributed by atoms with Crippen LogP contribution in [0.1, 0.15) is 37.3 Å². The third-order valence-electron chi connectivity index (χ3n) is 5.23. The Labute approximate surface area is 163 Å². The van der Waals surface area contributed by atoms with Gasteiger partial charge in [0.25, 0.3) is 5.91 Å². The number of para-hydroxylation sites is 2. The van der Waals surface area contributed by atoms with E-state index >= 15 is 0 Å². The molecule has 1 aromatic carbocycles. The van der Waals surface area contributed by atoms with E-state index in [1.54, 1.807) is 4.90 Å². The summed E-state index contributed by atoms with van der Waals surface area (Å²) >= 11 is 0. The van der Waals surface area contributed by atoms with Crippen LogP contribution in [-0.4, -0.2) is 46.3 Å². The number of carbonyl (C=O) groups excluding carboxylic acids is 2. The number of rotatable bonds is 6. The summed E-state index contributed by atoms with van der Waals surface area (Å²) in [6, 6.07) is 7.39. The van der Waals surface area contributed by atoms with Crippen molar-refractivity contribution in [2.24, 2.45) is 0 Å². The zero-order valence-corrected chi connectivity index (χ0v) is 15.9. The lowest BCUT2D eigenvalue weighted by Crippen LogP contribution is -2.41. The minimum atomic E-state index is -0.127. The molecule has 2 amide bonds. The van der Waals surface area contributed by atoms with Crippen LogP contribution in [0.25, 0.3) is 0 Å². The summed E-state index contributed by atoms with van der Waals surface area (Å²) in [5.74, 6) is 2.47. The molecule has 8 nitrogen and oxygen atoms in total. The lowest BCUT2D eigenvalue weighted by atomic mass is 10.2. The van der Waals surface area contributed by atoms with Crippen molar-refractivity contribution in [1.29, 1.82) is 0 Å². The normalized spacial score (nSPS) is 16.0. The smallest absolute Gasteiger partial charge is 0.265 e. The van der Waals surface area contributed by atoms with Gasteiger partial charge in [0, 0.05) is 38.9 Å². The topological polar surface area (TPSA) is 89.3 Å². The first-order valence-electron chi connectivity index (χ1n) is 9.92. The molecule has 0 atom stereocenters. The summed E-state index contributed by atoms with van der Waals surface area (Å²) in [6.07, 6.45) is 5.44. The van der Waals surface area contributed by atoms with E-state index in [1.807, 2.05) is 24.3 Å². The maximum atomic E-state index is 12.3. The van der Waals surface area contributed by atoms with Crippen LogP contribution in [0.2, 0.25) is 0 Å². The van der Waals surface area contributed by atoms with E-state index in [2.05, 4.69) is 20.1 Å². The first kappa shape index (κ1) is 18.5. The summed E-state index contributed by atoms with van der Waals surface area (Å²) in [5, 5.41) is 11.5. The summed E-state index contributed by atoms with van der Waals surface area (Å²) < 4.78 is 7.62. The molecule has 3 heterocycles. The van der Waals surface area contributed by atoms with Crippen LogP contribution >= 0.6 is 0 Å². The molecule has 2 aromatic rings. The van der Waals surface area contributed by atoms with Gasteiger partial charge in [0.05, 0.1) is 5.69 Å². The standard InChI is InChI=1S/C20H25N5O3/c26-19(10-13-24-15-6-3-4-7-16(15)28-14-20(24)27)21-11-9-18-23-22-17-8-2-1-5-12-25(17)18/h3-4,6-7H,1-2,5,8-14H2,(H,21,26). The number of nitrogens with zero attached hydrogens (tertiary/aromatic N) is 4. The van der Waals surface area contributed by atoms with Crippen molar-refractivity contribution in [2.45, 2.75) is 45.1 Å². The average Bonchev–Trinajstić information content (AvgIpc) is 2.93. The summed E-state index contributed by atoms with van der Waals surface area (Å²) in [7, 11) is 0. The van der Waals surface area contributed by atoms with Crippen molar-refractivity contribution in [3.63, 3.8) is 0 Å². The van der Waals surface area contributed by atoms with Crippen molar-refractivity contribution >= 4 is 17.5 Å². The Morgan fingerprint density at radius 3 is 3.00 bits per heavy atom. The second-order valence-electron chi connectivity index (χ2n) is 7.15. The Morgan fingerprint density at radius 1 is 1.18 bits per heavy atom. The maximum Gasteiger partial charge on any atom is 0.265 e. The van der Waals surface area contributed by atoms with Crippen LogP contribution in [-0.2, 0) is 29.0 Å². The van der Waals surface area contributed by atoms with E-state index in [0.717, 1.165) is 43.1 Å². The molecule has 0 spiro atoms. The van der Waals surface area contributed by atoms with Gasteiger partial charge in [-0.3, -0.25) is 9.59 Å². The zero-order valence-electron chi connectivity index (χ0n) is 15.9. The molecule has 0 saturated carbocycles. The Bertz CT molecular complexity index is 863. The highest BCUT2D eigenvalue weighted by atomic mass is 16.5. The van der Waals surface area contributed by atoms with Crippen molar-refractivity contribution in [3.8, 4) is 5.75 Å². The third kappa shape index (κ3) is 4.00. The van der Waals surface area contributed by atoms with Crippen LogP contribution in [0.3, 0.4) is 0 Å². The molecule has 1 N–H and O–H groups in total. The van der Waals surface area contributed by atoms with Gasteiger partial charge < -0.3 is 19.5 Å². The SMILES string of the molecule is O=C(CCN1C(=O)COc2ccccc21)NCCc1nnc2n1CCCCC2. The number of nitrogens with one attached hydrogen (secondary N) is 1. The molecule has 148 valence electrons. The minimum absolute atomic E-state index is 0.0105. The van der Waals surface area contributed by atoms with Gasteiger partial charge in [0.2, 0.25) is 5.91 Å². The average molecular weight is 383 g/mol. The van der Waals surface area contributed by atoms with Crippen LogP contribution in [0.5, 0.6) is 5.75 Å². The number of ether oxygens (including phenoxy) is 1. The lowest BCUT2D eigenvalue weighted by Gasteiger charge is -2.29. The largest absolute Gasteiger partial charge is 0.482 e. The second kappa shape index (κ2) is 8.41. The summed E-state index contributed by atoms with van der Waals surface area (Å²) in [4.78, 5) is 26.0. The fourth-order valence-corrected chi connectivity index (χ4v) is 3.74. The lowest BCUT2D eigenvalue weighted by molar-refractivity contribution is -0.122. The number of carbonyl (C=O) groups is 2. The van der Waals surface area contributed by atoms with E-state index in [9.17, 15) is 9.59 Å². The fourth-order valence-electron chi connectivity index (χ4n) is 3.74. The highest BCUT2D eigenvalue weighted by Gasteiger charge is 2.25. The van der Waals surface area contributed by atoms with E-state index in [0.29, 0.717) is 25.3 Å². The van der Waals surface area contributed by atoms with E-state index in [-0.39, 0.29) is 24.8 Å². The molecule has 0 radical (unpaired) electrons. The molecular weight excluding hydrogens is 358 g/mol. The summed E-state index contributed by atoms with van der Waals surface area (Å²) in [6.45, 7) is 1.83. The molecular formula is C20H25N5O3. The van der Waals surface area contributed by atoms with E-state index in [4.69, 9.17) is 4.74 Å². The predicted molar refractivity (Wildman–Crippen MR) is 103 cm³/mol. The molecule has 0 saturated heterocycles. The molecule has 4 rings (SSSR count). The molecule has 1 aromatic heterocycles. The molecule has 0 fully saturated rings. The molecule has 0 unspecified atom stereocenters. The second-order valence-corrected chi connectivity index (χ2v) is 7.15. The van der Waals surface area contributed by atoms with Gasteiger partial charge in [0.15, 0.2) is 6.61 Å². The minimum Gasteiger partial charge on any atom is -0.482 e. The van der Waals surface area contributed by atoms with Gasteiger partial charge in [-0.05, 0) is 25.0 Å². The highest BCUT2D eigenvalue weighted by Crippen LogP contribution is 2.31.